The van der Waals surface area contributed by atoms with E-state index in [4.69, 9.17) is 4.74 Å². The van der Waals surface area contributed by atoms with Gasteiger partial charge in [0.1, 0.15) is 5.54 Å². The summed E-state index contributed by atoms with van der Waals surface area (Å²) in [5, 5.41) is 6.21. The Morgan fingerprint density at radius 2 is 1.86 bits per heavy atom. The van der Waals surface area contributed by atoms with Gasteiger partial charge in [0.2, 0.25) is 5.91 Å². The molecule has 160 valence electrons. The van der Waals surface area contributed by atoms with Crippen LogP contribution in [-0.4, -0.2) is 52.4 Å². The molecular weight excluding hydrogens is 380 g/mol. The Morgan fingerprint density at radius 3 is 2.48 bits per heavy atom. The number of amides is 5. The second-order valence-electron chi connectivity index (χ2n) is 8.64. The van der Waals surface area contributed by atoms with Crippen molar-refractivity contribution in [2.24, 2.45) is 5.92 Å². The van der Waals surface area contributed by atoms with Gasteiger partial charge in [-0.3, -0.25) is 24.6 Å². The largest absolute Gasteiger partial charge is 0.455 e. The highest BCUT2D eigenvalue weighted by molar-refractivity contribution is 6.08. The van der Waals surface area contributed by atoms with E-state index in [1.165, 1.54) is 0 Å². The first-order valence-corrected chi connectivity index (χ1v) is 10.1. The average molecular weight is 408 g/mol. The minimum atomic E-state index is -0.950. The van der Waals surface area contributed by atoms with E-state index < -0.39 is 41.5 Å². The predicted molar refractivity (Wildman–Crippen MR) is 99.9 cm³/mol. The molecule has 2 aliphatic heterocycles. The van der Waals surface area contributed by atoms with E-state index in [1.807, 2.05) is 6.92 Å². The van der Waals surface area contributed by atoms with Crippen molar-refractivity contribution >= 4 is 29.7 Å². The van der Waals surface area contributed by atoms with Gasteiger partial charge in [0.25, 0.3) is 11.8 Å². The van der Waals surface area contributed by atoms with E-state index in [9.17, 15) is 24.0 Å². The first-order chi connectivity index (χ1) is 13.6. The van der Waals surface area contributed by atoms with Crippen molar-refractivity contribution in [3.63, 3.8) is 0 Å². The summed E-state index contributed by atoms with van der Waals surface area (Å²) in [5.74, 6) is -1.37. The molecule has 0 radical (unpaired) electrons. The Hall–Kier alpha value is -2.65. The molecule has 0 bridgehead atoms. The van der Waals surface area contributed by atoms with Crippen molar-refractivity contribution < 1.29 is 28.7 Å². The van der Waals surface area contributed by atoms with Crippen LogP contribution in [-0.2, 0) is 23.9 Å². The molecule has 0 unspecified atom stereocenters. The number of esters is 1. The number of rotatable bonds is 6. The highest BCUT2D eigenvalue weighted by Gasteiger charge is 2.52. The summed E-state index contributed by atoms with van der Waals surface area (Å²) in [6, 6.07) is -0.672. The van der Waals surface area contributed by atoms with Gasteiger partial charge in [-0.25, -0.2) is 4.79 Å². The summed E-state index contributed by atoms with van der Waals surface area (Å²) >= 11 is 0. The van der Waals surface area contributed by atoms with E-state index in [0.717, 1.165) is 12.8 Å². The SMILES string of the molecule is CC1CCC2(CC1)NC(=O)N(NC(=O)COC(=O)CC[C@@]1(C)CCC(=O)N1)C2=O. The van der Waals surface area contributed by atoms with Gasteiger partial charge in [0.05, 0.1) is 0 Å². The van der Waals surface area contributed by atoms with E-state index in [0.29, 0.717) is 43.0 Å². The van der Waals surface area contributed by atoms with Crippen LogP contribution in [0, 0.1) is 5.92 Å². The Kier molecular flexibility index (Phi) is 5.81. The van der Waals surface area contributed by atoms with Gasteiger partial charge in [0.15, 0.2) is 6.61 Å². The molecule has 2 saturated heterocycles. The second kappa shape index (κ2) is 8.00. The minimum Gasteiger partial charge on any atom is -0.455 e. The minimum absolute atomic E-state index is 0.0426. The third-order valence-electron chi connectivity index (χ3n) is 6.12. The zero-order valence-electron chi connectivity index (χ0n) is 16.8. The van der Waals surface area contributed by atoms with Gasteiger partial charge in [-0.05, 0) is 51.4 Å². The van der Waals surface area contributed by atoms with Crippen LogP contribution in [0.1, 0.15) is 65.2 Å². The molecular formula is C19H28N4O6. The molecule has 3 fully saturated rings. The van der Waals surface area contributed by atoms with Gasteiger partial charge in [-0.1, -0.05) is 6.92 Å². The fraction of sp³-hybridized carbons (Fsp3) is 0.737. The van der Waals surface area contributed by atoms with Crippen molar-refractivity contribution in [3.8, 4) is 0 Å². The van der Waals surface area contributed by atoms with Crippen molar-refractivity contribution in [1.82, 2.24) is 21.1 Å². The van der Waals surface area contributed by atoms with E-state index in [1.54, 1.807) is 0 Å². The fourth-order valence-corrected chi connectivity index (χ4v) is 4.11. The van der Waals surface area contributed by atoms with Gasteiger partial charge in [-0.15, -0.1) is 0 Å². The first-order valence-electron chi connectivity index (χ1n) is 10.1. The van der Waals surface area contributed by atoms with Crippen molar-refractivity contribution in [2.75, 3.05) is 6.61 Å². The van der Waals surface area contributed by atoms with E-state index in [2.05, 4.69) is 23.0 Å². The molecule has 1 spiro atoms. The van der Waals surface area contributed by atoms with Gasteiger partial charge in [-0.2, -0.15) is 5.01 Å². The number of ether oxygens (including phenoxy) is 1. The lowest BCUT2D eigenvalue weighted by Crippen LogP contribution is -2.52. The topological polar surface area (TPSA) is 134 Å². The van der Waals surface area contributed by atoms with Crippen molar-refractivity contribution in [1.29, 1.82) is 0 Å². The van der Waals surface area contributed by atoms with Gasteiger partial charge < -0.3 is 15.4 Å². The predicted octanol–water partition coefficient (Wildman–Crippen LogP) is 0.510. The molecule has 1 aliphatic carbocycles. The maximum Gasteiger partial charge on any atom is 0.344 e. The lowest BCUT2D eigenvalue weighted by Gasteiger charge is -2.33. The summed E-state index contributed by atoms with van der Waals surface area (Å²) in [6.45, 7) is 3.36. The highest BCUT2D eigenvalue weighted by Crippen LogP contribution is 2.35. The lowest BCUT2D eigenvalue weighted by molar-refractivity contribution is -0.151. The van der Waals surface area contributed by atoms with Crippen LogP contribution >= 0.6 is 0 Å². The molecule has 3 rings (SSSR count). The van der Waals surface area contributed by atoms with Gasteiger partial charge in [0, 0.05) is 18.4 Å². The van der Waals surface area contributed by atoms with Crippen molar-refractivity contribution in [2.45, 2.75) is 76.3 Å². The Balaban J connectivity index is 1.43. The maximum absolute atomic E-state index is 12.7. The smallest absolute Gasteiger partial charge is 0.344 e. The number of imide groups is 1. The molecule has 0 aromatic heterocycles. The number of nitrogens with one attached hydrogen (secondary N) is 3. The Morgan fingerprint density at radius 1 is 1.17 bits per heavy atom. The van der Waals surface area contributed by atoms with E-state index >= 15 is 0 Å². The standard InChI is InChI=1S/C19H28N4O6/c1-12-3-9-19(10-4-12)16(27)23(17(28)21-19)22-14(25)11-29-15(26)6-8-18(2)7-5-13(24)20-18/h12H,3-11H2,1-2H3,(H,20,24)(H,21,28)(H,22,25)/t12?,18-,19?/m1/s1. The normalized spacial score (nSPS) is 31.6. The molecule has 0 aromatic carbocycles. The van der Waals surface area contributed by atoms with Crippen LogP contribution in [0.15, 0.2) is 0 Å². The molecule has 3 N–H and O–H groups in total. The Labute approximate surface area is 169 Å². The van der Waals surface area contributed by atoms with E-state index in [-0.39, 0.29) is 12.3 Å². The molecule has 10 nitrogen and oxygen atoms in total. The number of hydrazine groups is 1. The second-order valence-corrected chi connectivity index (χ2v) is 8.64. The third-order valence-corrected chi connectivity index (χ3v) is 6.12. The van der Waals surface area contributed by atoms with Gasteiger partial charge >= 0.3 is 12.0 Å². The number of hydrogen-bond acceptors (Lipinski definition) is 6. The Bertz CT molecular complexity index is 730. The van der Waals surface area contributed by atoms with Crippen LogP contribution in [0.4, 0.5) is 4.79 Å². The molecule has 2 heterocycles. The van der Waals surface area contributed by atoms with Crippen molar-refractivity contribution in [3.05, 3.63) is 0 Å². The molecule has 3 aliphatic rings. The van der Waals surface area contributed by atoms with Crippen LogP contribution < -0.4 is 16.1 Å². The van der Waals surface area contributed by atoms with Crippen LogP contribution in [0.5, 0.6) is 0 Å². The number of carbonyl (C=O) groups excluding carboxylic acids is 5. The molecule has 29 heavy (non-hydrogen) atoms. The summed E-state index contributed by atoms with van der Waals surface area (Å²) in [6.07, 6.45) is 4.26. The summed E-state index contributed by atoms with van der Waals surface area (Å²) in [5.41, 5.74) is 0.836. The third kappa shape index (κ3) is 4.68. The zero-order valence-corrected chi connectivity index (χ0v) is 16.8. The quantitative estimate of drug-likeness (QED) is 0.433. The first kappa shape index (κ1) is 21.1. The number of urea groups is 1. The average Bonchev–Trinajstić information content (AvgIpc) is 3.13. The molecule has 1 saturated carbocycles. The molecule has 1 atom stereocenters. The summed E-state index contributed by atoms with van der Waals surface area (Å²) in [7, 11) is 0. The number of nitrogens with zero attached hydrogens (tertiary/aromatic N) is 1. The van der Waals surface area contributed by atoms with Crippen LogP contribution in [0.3, 0.4) is 0 Å². The molecule has 0 aromatic rings. The summed E-state index contributed by atoms with van der Waals surface area (Å²) in [4.78, 5) is 60.1. The molecule has 5 amide bonds. The number of hydrogen-bond donors (Lipinski definition) is 3. The fourth-order valence-electron chi connectivity index (χ4n) is 4.11. The number of carbonyl (C=O) groups is 5. The van der Waals surface area contributed by atoms with Crippen LogP contribution in [0.25, 0.3) is 0 Å². The lowest BCUT2D eigenvalue weighted by atomic mass is 9.77. The highest BCUT2D eigenvalue weighted by atomic mass is 16.5. The monoisotopic (exact) mass is 408 g/mol. The maximum atomic E-state index is 12.7. The molecule has 10 heteroatoms. The van der Waals surface area contributed by atoms with Crippen LogP contribution in [0.2, 0.25) is 0 Å². The summed E-state index contributed by atoms with van der Waals surface area (Å²) < 4.78 is 4.93. The zero-order chi connectivity index (χ0) is 21.2.